The molecule has 0 bridgehead atoms. The molecule has 1 unspecified atom stereocenters. The maximum atomic E-state index is 6.47. The van der Waals surface area contributed by atoms with Gasteiger partial charge in [0, 0.05) is 17.8 Å². The van der Waals surface area contributed by atoms with Crippen LogP contribution in [0.3, 0.4) is 0 Å². The van der Waals surface area contributed by atoms with E-state index in [-0.39, 0.29) is 6.04 Å². The third-order valence-electron chi connectivity index (χ3n) is 3.83. The lowest BCUT2D eigenvalue weighted by Crippen LogP contribution is -2.12. The molecule has 1 aromatic heterocycles. The Bertz CT molecular complexity index is 778. The number of hydrogen-bond donors (Lipinski definition) is 1. The van der Waals surface area contributed by atoms with Crippen LogP contribution in [0, 0.1) is 6.92 Å². The van der Waals surface area contributed by atoms with Crippen molar-refractivity contribution in [2.75, 3.05) is 7.11 Å². The third kappa shape index (κ3) is 2.48. The van der Waals surface area contributed by atoms with Crippen molar-refractivity contribution in [3.63, 3.8) is 0 Å². The van der Waals surface area contributed by atoms with Crippen molar-refractivity contribution in [1.29, 1.82) is 0 Å². The SMILES string of the molecule is COc1ccc(C(N)c2cccc3ccncc23)cc1C. The quantitative estimate of drug-likeness (QED) is 0.796. The average molecular weight is 278 g/mol. The minimum atomic E-state index is -0.178. The van der Waals surface area contributed by atoms with Crippen LogP contribution < -0.4 is 10.5 Å². The van der Waals surface area contributed by atoms with Gasteiger partial charge in [0.1, 0.15) is 5.75 Å². The molecule has 2 aromatic carbocycles. The summed E-state index contributed by atoms with van der Waals surface area (Å²) in [6.45, 7) is 2.03. The van der Waals surface area contributed by atoms with Gasteiger partial charge in [-0.3, -0.25) is 4.98 Å². The highest BCUT2D eigenvalue weighted by molar-refractivity contribution is 5.85. The van der Waals surface area contributed by atoms with Crippen LogP contribution in [0.5, 0.6) is 5.75 Å². The molecular weight excluding hydrogens is 260 g/mol. The summed E-state index contributed by atoms with van der Waals surface area (Å²) in [5.74, 6) is 0.880. The first kappa shape index (κ1) is 13.6. The van der Waals surface area contributed by atoms with Crippen molar-refractivity contribution >= 4 is 10.8 Å². The molecule has 21 heavy (non-hydrogen) atoms. The lowest BCUT2D eigenvalue weighted by molar-refractivity contribution is 0.411. The van der Waals surface area contributed by atoms with Gasteiger partial charge in [0.15, 0.2) is 0 Å². The summed E-state index contributed by atoms with van der Waals surface area (Å²) in [6, 6.07) is 14.1. The van der Waals surface area contributed by atoms with Crippen molar-refractivity contribution in [1.82, 2.24) is 4.98 Å². The zero-order chi connectivity index (χ0) is 14.8. The molecule has 0 saturated carbocycles. The predicted octanol–water partition coefficient (Wildman–Crippen LogP) is 3.60. The van der Waals surface area contributed by atoms with Gasteiger partial charge in [0.25, 0.3) is 0 Å². The van der Waals surface area contributed by atoms with Crippen LogP contribution in [0.2, 0.25) is 0 Å². The van der Waals surface area contributed by atoms with Crippen molar-refractivity contribution in [3.05, 3.63) is 71.5 Å². The second-order valence-corrected chi connectivity index (χ2v) is 5.15. The highest BCUT2D eigenvalue weighted by Gasteiger charge is 2.13. The highest BCUT2D eigenvalue weighted by Crippen LogP contribution is 2.29. The van der Waals surface area contributed by atoms with Crippen molar-refractivity contribution in [2.45, 2.75) is 13.0 Å². The number of hydrogen-bond acceptors (Lipinski definition) is 3. The molecule has 1 heterocycles. The smallest absolute Gasteiger partial charge is 0.121 e. The number of pyridine rings is 1. The Kier molecular flexibility index (Phi) is 3.59. The predicted molar refractivity (Wildman–Crippen MR) is 85.5 cm³/mol. The van der Waals surface area contributed by atoms with Crippen LogP contribution in [0.1, 0.15) is 22.7 Å². The second-order valence-electron chi connectivity index (χ2n) is 5.15. The lowest BCUT2D eigenvalue weighted by atomic mass is 9.94. The third-order valence-corrected chi connectivity index (χ3v) is 3.83. The number of methoxy groups -OCH3 is 1. The Hall–Kier alpha value is -2.39. The van der Waals surface area contributed by atoms with E-state index in [2.05, 4.69) is 23.2 Å². The van der Waals surface area contributed by atoms with Crippen LogP contribution in [-0.2, 0) is 0 Å². The molecule has 0 saturated heterocycles. The van der Waals surface area contributed by atoms with E-state index in [9.17, 15) is 0 Å². The van der Waals surface area contributed by atoms with Gasteiger partial charge in [-0.05, 0) is 41.1 Å². The molecular formula is C18H18N2O. The monoisotopic (exact) mass is 278 g/mol. The van der Waals surface area contributed by atoms with Gasteiger partial charge < -0.3 is 10.5 Å². The van der Waals surface area contributed by atoms with Crippen LogP contribution in [0.15, 0.2) is 54.9 Å². The Labute approximate surface area is 124 Å². The number of ether oxygens (including phenoxy) is 1. The fourth-order valence-corrected chi connectivity index (χ4v) is 2.68. The molecule has 3 aromatic rings. The topological polar surface area (TPSA) is 48.1 Å². The molecule has 0 aliphatic carbocycles. The van der Waals surface area contributed by atoms with Gasteiger partial charge in [-0.2, -0.15) is 0 Å². The van der Waals surface area contributed by atoms with Crippen molar-refractivity contribution in [2.24, 2.45) is 5.73 Å². The number of nitrogens with two attached hydrogens (primary N) is 1. The summed E-state index contributed by atoms with van der Waals surface area (Å²) in [6.07, 6.45) is 3.68. The van der Waals surface area contributed by atoms with E-state index in [4.69, 9.17) is 10.5 Å². The fourth-order valence-electron chi connectivity index (χ4n) is 2.68. The van der Waals surface area contributed by atoms with Crippen LogP contribution in [0.4, 0.5) is 0 Å². The van der Waals surface area contributed by atoms with Crippen LogP contribution >= 0.6 is 0 Å². The van der Waals surface area contributed by atoms with E-state index >= 15 is 0 Å². The number of fused-ring (bicyclic) bond motifs is 1. The Morgan fingerprint density at radius 3 is 2.76 bits per heavy atom. The number of aryl methyl sites for hydroxylation is 1. The minimum absolute atomic E-state index is 0.178. The van der Waals surface area contributed by atoms with Crippen LogP contribution in [-0.4, -0.2) is 12.1 Å². The van der Waals surface area contributed by atoms with Gasteiger partial charge >= 0.3 is 0 Å². The van der Waals surface area contributed by atoms with Gasteiger partial charge in [0.05, 0.1) is 13.2 Å². The normalized spacial score (nSPS) is 12.3. The fraction of sp³-hybridized carbons (Fsp3) is 0.167. The Balaban J connectivity index is 2.08. The number of rotatable bonds is 3. The summed E-state index contributed by atoms with van der Waals surface area (Å²) in [5.41, 5.74) is 9.72. The summed E-state index contributed by atoms with van der Waals surface area (Å²) in [5, 5.41) is 2.25. The maximum Gasteiger partial charge on any atom is 0.121 e. The molecule has 3 rings (SSSR count). The molecule has 0 aliphatic rings. The number of benzene rings is 2. The molecule has 1 atom stereocenters. The molecule has 0 spiro atoms. The lowest BCUT2D eigenvalue weighted by Gasteiger charge is -2.16. The van der Waals surface area contributed by atoms with Gasteiger partial charge in [-0.1, -0.05) is 30.3 Å². The van der Waals surface area contributed by atoms with E-state index in [1.54, 1.807) is 13.3 Å². The molecule has 106 valence electrons. The second kappa shape index (κ2) is 5.54. The van der Waals surface area contributed by atoms with E-state index in [1.165, 1.54) is 0 Å². The van der Waals surface area contributed by atoms with Gasteiger partial charge in [-0.25, -0.2) is 0 Å². The summed E-state index contributed by atoms with van der Waals surface area (Å²) in [4.78, 5) is 4.22. The minimum Gasteiger partial charge on any atom is -0.496 e. The number of aromatic nitrogens is 1. The average Bonchev–Trinajstić information content (AvgIpc) is 2.53. The van der Waals surface area contributed by atoms with E-state index < -0.39 is 0 Å². The largest absolute Gasteiger partial charge is 0.496 e. The Morgan fingerprint density at radius 2 is 2.00 bits per heavy atom. The molecule has 0 radical (unpaired) electrons. The van der Waals surface area contributed by atoms with E-state index in [0.717, 1.165) is 33.2 Å². The maximum absolute atomic E-state index is 6.47. The van der Waals surface area contributed by atoms with Crippen LogP contribution in [0.25, 0.3) is 10.8 Å². The standard InChI is InChI=1S/C18H18N2O/c1-12-10-14(6-7-17(12)21-2)18(19)15-5-3-4-13-8-9-20-11-16(13)15/h3-11,18H,19H2,1-2H3. The van der Waals surface area contributed by atoms with Gasteiger partial charge in [0.2, 0.25) is 0 Å². The van der Waals surface area contributed by atoms with E-state index in [0.29, 0.717) is 0 Å². The Morgan fingerprint density at radius 1 is 1.14 bits per heavy atom. The molecule has 2 N–H and O–H groups in total. The number of nitrogens with zero attached hydrogens (tertiary/aromatic N) is 1. The zero-order valence-electron chi connectivity index (χ0n) is 12.2. The van der Waals surface area contributed by atoms with Gasteiger partial charge in [-0.15, -0.1) is 0 Å². The summed E-state index contributed by atoms with van der Waals surface area (Å²) >= 11 is 0. The molecule has 0 aliphatic heterocycles. The molecule has 3 nitrogen and oxygen atoms in total. The van der Waals surface area contributed by atoms with Crippen molar-refractivity contribution in [3.8, 4) is 5.75 Å². The molecule has 0 amide bonds. The highest BCUT2D eigenvalue weighted by atomic mass is 16.5. The molecule has 3 heteroatoms. The first-order valence-corrected chi connectivity index (χ1v) is 6.93. The van der Waals surface area contributed by atoms with E-state index in [1.807, 2.05) is 37.4 Å². The molecule has 0 fully saturated rings. The zero-order valence-corrected chi connectivity index (χ0v) is 12.2. The summed E-state index contributed by atoms with van der Waals surface area (Å²) in [7, 11) is 1.68. The van der Waals surface area contributed by atoms with Crippen molar-refractivity contribution < 1.29 is 4.74 Å². The summed E-state index contributed by atoms with van der Waals surface area (Å²) < 4.78 is 5.30. The first-order valence-electron chi connectivity index (χ1n) is 6.93. The first-order chi connectivity index (χ1) is 10.2.